The molecule has 0 aromatic carbocycles. The fourth-order valence-electron chi connectivity index (χ4n) is 5.87. The lowest BCUT2D eigenvalue weighted by atomic mass is 9.75. The highest BCUT2D eigenvalue weighted by Gasteiger charge is 2.34. The number of hydrogen-bond acceptors (Lipinski definition) is 4. The third-order valence-electron chi connectivity index (χ3n) is 7.91. The van der Waals surface area contributed by atoms with Crippen molar-refractivity contribution in [3.8, 4) is 0 Å². The smallest absolute Gasteiger partial charge is 0.186 e. The molecule has 0 aromatic rings. The molecule has 0 aromatic heterocycles. The molecule has 0 saturated heterocycles. The van der Waals surface area contributed by atoms with Crippen molar-refractivity contribution in [2.75, 3.05) is 65.5 Å². The normalized spacial score (nSPS) is 13.0. The Labute approximate surface area is 230 Å². The van der Waals surface area contributed by atoms with Gasteiger partial charge in [0.15, 0.2) is 8.32 Å². The number of nitrogens with zero attached hydrogens (tertiary/aromatic N) is 3. The molecule has 0 radical (unpaired) electrons. The van der Waals surface area contributed by atoms with Crippen LogP contribution in [0.3, 0.4) is 0 Å². The standard InChI is InChI=1S/C31H69N3OSi/c1-10-21-32(22-11-2)27-17-31(20-30-36(8,9)35-16-7,18-28-33(23-12-3)24-13-4)19-29-34(25-14-5)26-15-6/h10-30H2,1-9H3. The molecule has 0 saturated carbocycles. The summed E-state index contributed by atoms with van der Waals surface area (Å²) in [6.45, 7) is 33.3. The molecule has 0 aliphatic heterocycles. The van der Waals surface area contributed by atoms with Crippen LogP contribution in [0.15, 0.2) is 0 Å². The van der Waals surface area contributed by atoms with Crippen molar-refractivity contribution in [2.45, 2.75) is 132 Å². The quantitative estimate of drug-likeness (QED) is 0.106. The van der Waals surface area contributed by atoms with Crippen molar-refractivity contribution in [3.05, 3.63) is 0 Å². The highest BCUT2D eigenvalue weighted by atomic mass is 28.4. The third-order valence-corrected chi connectivity index (χ3v) is 10.4. The van der Waals surface area contributed by atoms with E-state index in [2.05, 4.69) is 76.3 Å². The van der Waals surface area contributed by atoms with E-state index in [4.69, 9.17) is 4.43 Å². The first-order chi connectivity index (χ1) is 17.2. The van der Waals surface area contributed by atoms with Gasteiger partial charge < -0.3 is 19.1 Å². The molecule has 36 heavy (non-hydrogen) atoms. The number of rotatable bonds is 26. The van der Waals surface area contributed by atoms with Gasteiger partial charge in [-0.2, -0.15) is 0 Å². The summed E-state index contributed by atoms with van der Waals surface area (Å²) < 4.78 is 6.34. The first kappa shape index (κ1) is 36.1. The van der Waals surface area contributed by atoms with Crippen LogP contribution in [0, 0.1) is 5.41 Å². The maximum absolute atomic E-state index is 6.34. The summed E-state index contributed by atoms with van der Waals surface area (Å²) in [5.74, 6) is 0. The minimum atomic E-state index is -1.61. The first-order valence-corrected chi connectivity index (χ1v) is 19.2. The van der Waals surface area contributed by atoms with Gasteiger partial charge in [-0.1, -0.05) is 41.5 Å². The minimum Gasteiger partial charge on any atom is -0.418 e. The van der Waals surface area contributed by atoms with Gasteiger partial charge in [0.05, 0.1) is 0 Å². The van der Waals surface area contributed by atoms with Crippen molar-refractivity contribution in [3.63, 3.8) is 0 Å². The van der Waals surface area contributed by atoms with Gasteiger partial charge in [0.2, 0.25) is 0 Å². The Balaban J connectivity index is 5.92. The summed E-state index contributed by atoms with van der Waals surface area (Å²) in [6, 6.07) is 1.30. The molecule has 0 rings (SSSR count). The van der Waals surface area contributed by atoms with Crippen molar-refractivity contribution in [1.29, 1.82) is 0 Å². The van der Waals surface area contributed by atoms with Crippen LogP contribution >= 0.6 is 0 Å². The lowest BCUT2D eigenvalue weighted by Crippen LogP contribution is -2.40. The summed E-state index contributed by atoms with van der Waals surface area (Å²) in [4.78, 5) is 8.27. The van der Waals surface area contributed by atoms with Gasteiger partial charge in [-0.3, -0.25) is 0 Å². The first-order valence-electron chi connectivity index (χ1n) is 16.1. The summed E-state index contributed by atoms with van der Waals surface area (Å²) in [5, 5.41) is 0. The van der Waals surface area contributed by atoms with E-state index in [0.29, 0.717) is 5.41 Å². The van der Waals surface area contributed by atoms with E-state index in [1.165, 1.54) is 129 Å². The monoisotopic (exact) mass is 528 g/mol. The summed E-state index contributed by atoms with van der Waals surface area (Å²) in [6.07, 6.45) is 13.0. The predicted molar refractivity (Wildman–Crippen MR) is 166 cm³/mol. The van der Waals surface area contributed by atoms with Crippen LogP contribution in [0.25, 0.3) is 0 Å². The molecule has 0 bridgehead atoms. The minimum absolute atomic E-state index is 0.417. The highest BCUT2D eigenvalue weighted by Crippen LogP contribution is 2.39. The Morgan fingerprint density at radius 1 is 0.472 bits per heavy atom. The zero-order valence-electron chi connectivity index (χ0n) is 26.6. The van der Waals surface area contributed by atoms with Gasteiger partial charge >= 0.3 is 0 Å². The predicted octanol–water partition coefficient (Wildman–Crippen LogP) is 8.14. The molecule has 0 unspecified atom stereocenters. The second kappa shape index (κ2) is 21.9. The van der Waals surface area contributed by atoms with Gasteiger partial charge in [0.25, 0.3) is 0 Å². The molecule has 0 N–H and O–H groups in total. The Hall–Kier alpha value is 0.0569. The fraction of sp³-hybridized carbons (Fsp3) is 1.00. The summed E-state index contributed by atoms with van der Waals surface area (Å²) >= 11 is 0. The van der Waals surface area contributed by atoms with Crippen LogP contribution in [0.1, 0.15) is 113 Å². The Morgan fingerprint density at radius 3 is 1.03 bits per heavy atom. The molecule has 0 aliphatic rings. The van der Waals surface area contributed by atoms with Crippen molar-refractivity contribution >= 4 is 8.32 Å². The van der Waals surface area contributed by atoms with Gasteiger partial charge in [0, 0.05) is 6.61 Å². The van der Waals surface area contributed by atoms with E-state index in [1.54, 1.807) is 0 Å². The van der Waals surface area contributed by atoms with E-state index >= 15 is 0 Å². The molecule has 4 nitrogen and oxygen atoms in total. The van der Waals surface area contributed by atoms with Gasteiger partial charge in [-0.15, -0.1) is 0 Å². The molecule has 0 amide bonds. The second-order valence-electron chi connectivity index (χ2n) is 12.0. The SMILES string of the molecule is CCCN(CCC)CCC(CCN(CCC)CCC)(CCN(CCC)CCC)CC[Si](C)(C)OCC. The van der Waals surface area contributed by atoms with Crippen LogP contribution in [0.4, 0.5) is 0 Å². The van der Waals surface area contributed by atoms with E-state index < -0.39 is 8.32 Å². The fourth-order valence-corrected chi connectivity index (χ4v) is 7.93. The van der Waals surface area contributed by atoms with Crippen LogP contribution in [-0.2, 0) is 4.43 Å². The van der Waals surface area contributed by atoms with Crippen LogP contribution in [-0.4, -0.2) is 88.5 Å². The van der Waals surface area contributed by atoms with Crippen molar-refractivity contribution < 1.29 is 4.43 Å². The van der Waals surface area contributed by atoms with Gasteiger partial charge in [0.1, 0.15) is 0 Å². The third kappa shape index (κ3) is 16.8. The largest absolute Gasteiger partial charge is 0.418 e. The highest BCUT2D eigenvalue weighted by molar-refractivity contribution is 6.71. The summed E-state index contributed by atoms with van der Waals surface area (Å²) in [5.41, 5.74) is 0.417. The van der Waals surface area contributed by atoms with Gasteiger partial charge in [-0.25, -0.2) is 0 Å². The molecule has 218 valence electrons. The summed E-state index contributed by atoms with van der Waals surface area (Å²) in [7, 11) is -1.61. The van der Waals surface area contributed by atoms with E-state index in [0.717, 1.165) is 6.61 Å². The Bertz CT molecular complexity index is 420. The van der Waals surface area contributed by atoms with Gasteiger partial charge in [-0.05, 0) is 155 Å². The molecule has 0 heterocycles. The maximum atomic E-state index is 6.34. The molecule has 0 aliphatic carbocycles. The van der Waals surface area contributed by atoms with Crippen molar-refractivity contribution in [1.82, 2.24) is 14.7 Å². The molecule has 0 fully saturated rings. The Kier molecular flexibility index (Phi) is 22.0. The van der Waals surface area contributed by atoms with Crippen molar-refractivity contribution in [2.24, 2.45) is 5.41 Å². The average Bonchev–Trinajstić information content (AvgIpc) is 2.83. The average molecular weight is 528 g/mol. The maximum Gasteiger partial charge on any atom is 0.186 e. The van der Waals surface area contributed by atoms with E-state index in [-0.39, 0.29) is 0 Å². The topological polar surface area (TPSA) is 19.0 Å². The molecule has 0 atom stereocenters. The van der Waals surface area contributed by atoms with E-state index in [1.807, 2.05) is 0 Å². The zero-order chi connectivity index (χ0) is 27.3. The lowest BCUT2D eigenvalue weighted by Gasteiger charge is -2.41. The van der Waals surface area contributed by atoms with Crippen LogP contribution in [0.5, 0.6) is 0 Å². The zero-order valence-corrected chi connectivity index (χ0v) is 27.6. The van der Waals surface area contributed by atoms with E-state index in [9.17, 15) is 0 Å². The van der Waals surface area contributed by atoms with Crippen LogP contribution < -0.4 is 0 Å². The molecular formula is C31H69N3OSi. The van der Waals surface area contributed by atoms with Crippen LogP contribution in [0.2, 0.25) is 19.1 Å². The molecule has 5 heteroatoms. The Morgan fingerprint density at radius 2 is 0.778 bits per heavy atom. The lowest BCUT2D eigenvalue weighted by molar-refractivity contribution is 0.114. The number of hydrogen-bond donors (Lipinski definition) is 0. The molecular weight excluding hydrogens is 458 g/mol. The second-order valence-corrected chi connectivity index (χ2v) is 16.3. The molecule has 0 spiro atoms.